The number of esters is 2. The second-order valence-corrected chi connectivity index (χ2v) is 5.72. The number of carbonyl (C=O) groups excluding carboxylic acids is 2. The second-order valence-electron chi connectivity index (χ2n) is 5.37. The number of halogens is 1. The van der Waals surface area contributed by atoms with Gasteiger partial charge in [0, 0.05) is 11.8 Å². The van der Waals surface area contributed by atoms with Crippen LogP contribution in [0.1, 0.15) is 25.3 Å². The molecule has 0 radical (unpaired) electrons. The van der Waals surface area contributed by atoms with Crippen LogP contribution in [0.25, 0.3) is 0 Å². The van der Waals surface area contributed by atoms with Crippen molar-refractivity contribution in [3.8, 4) is 0 Å². The highest BCUT2D eigenvalue weighted by molar-refractivity contribution is 6.29. The van der Waals surface area contributed by atoms with E-state index >= 15 is 0 Å². The Morgan fingerprint density at radius 3 is 3.04 bits per heavy atom. The van der Waals surface area contributed by atoms with Gasteiger partial charge in [-0.05, 0) is 31.5 Å². The Bertz CT molecular complexity index is 800. The van der Waals surface area contributed by atoms with Gasteiger partial charge >= 0.3 is 11.9 Å². The minimum absolute atomic E-state index is 0.0833. The smallest absolute Gasteiger partial charge is 0.337 e. The highest BCUT2D eigenvalue weighted by Gasteiger charge is 2.43. The molecule has 1 atom stereocenters. The fourth-order valence-corrected chi connectivity index (χ4v) is 3.19. The molecule has 0 bridgehead atoms. The highest BCUT2D eigenvalue weighted by Crippen LogP contribution is 2.42. The summed E-state index contributed by atoms with van der Waals surface area (Å²) in [5.41, 5.74) is 1.96. The van der Waals surface area contributed by atoms with E-state index in [4.69, 9.17) is 21.1 Å². The molecule has 2 aliphatic rings. The number of nitrogens with zero attached hydrogens (tertiary/aromatic N) is 1. The van der Waals surface area contributed by atoms with E-state index in [-0.39, 0.29) is 29.5 Å². The van der Waals surface area contributed by atoms with E-state index in [0.29, 0.717) is 21.7 Å². The number of dihydropyridines is 1. The summed E-state index contributed by atoms with van der Waals surface area (Å²) in [5, 5.41) is 14.8. The van der Waals surface area contributed by atoms with E-state index in [1.807, 2.05) is 0 Å². The van der Waals surface area contributed by atoms with Gasteiger partial charge in [-0.2, -0.15) is 4.73 Å². The van der Waals surface area contributed by atoms with Crippen molar-refractivity contribution in [3.05, 3.63) is 56.8 Å². The lowest BCUT2D eigenvalue weighted by Gasteiger charge is -2.27. The third-order valence-corrected chi connectivity index (χ3v) is 4.33. The molecule has 24 heavy (non-hydrogen) atoms. The van der Waals surface area contributed by atoms with Gasteiger partial charge in [-0.15, -0.1) is 0 Å². The molecular formula is C16H15ClN2O5. The fraction of sp³-hybridized carbons (Fsp3) is 0.312. The van der Waals surface area contributed by atoms with Crippen molar-refractivity contribution in [3.63, 3.8) is 0 Å². The Kier molecular flexibility index (Phi) is 4.19. The summed E-state index contributed by atoms with van der Waals surface area (Å²) in [5.74, 6) is -1.94. The SMILES string of the molecule is CCOC(=O)C1=C(C)NC2=C(C(=O)OC2)C1c1ccc[n+]([O-])c1Cl. The average molecular weight is 351 g/mol. The molecule has 8 heteroatoms. The molecule has 0 fully saturated rings. The van der Waals surface area contributed by atoms with E-state index in [1.165, 1.54) is 12.3 Å². The first kappa shape index (κ1) is 16.3. The first-order chi connectivity index (χ1) is 11.5. The summed E-state index contributed by atoms with van der Waals surface area (Å²) in [6.07, 6.45) is 1.25. The predicted octanol–water partition coefficient (Wildman–Crippen LogP) is 1.31. The first-order valence-corrected chi connectivity index (χ1v) is 7.76. The van der Waals surface area contributed by atoms with Crippen LogP contribution in [0.5, 0.6) is 0 Å². The molecular weight excluding hydrogens is 336 g/mol. The third-order valence-electron chi connectivity index (χ3n) is 3.95. The Morgan fingerprint density at radius 1 is 1.58 bits per heavy atom. The van der Waals surface area contributed by atoms with E-state index in [0.717, 1.165) is 0 Å². The normalized spacial score (nSPS) is 19.8. The third kappa shape index (κ3) is 2.50. The van der Waals surface area contributed by atoms with Crippen molar-refractivity contribution in [1.82, 2.24) is 5.32 Å². The van der Waals surface area contributed by atoms with Crippen molar-refractivity contribution in [2.75, 3.05) is 13.2 Å². The van der Waals surface area contributed by atoms with Crippen LogP contribution >= 0.6 is 11.6 Å². The maximum Gasteiger partial charge on any atom is 0.337 e. The van der Waals surface area contributed by atoms with E-state index in [2.05, 4.69) is 5.32 Å². The van der Waals surface area contributed by atoms with Crippen molar-refractivity contribution >= 4 is 23.5 Å². The molecule has 0 saturated carbocycles. The number of hydrogen-bond donors (Lipinski definition) is 1. The minimum atomic E-state index is -0.816. The molecule has 7 nitrogen and oxygen atoms in total. The maximum absolute atomic E-state index is 12.5. The van der Waals surface area contributed by atoms with Crippen LogP contribution in [-0.4, -0.2) is 25.2 Å². The number of allylic oxidation sites excluding steroid dienone is 1. The van der Waals surface area contributed by atoms with Gasteiger partial charge in [0.15, 0.2) is 6.20 Å². The van der Waals surface area contributed by atoms with Crippen LogP contribution in [0.2, 0.25) is 5.15 Å². The van der Waals surface area contributed by atoms with Crippen LogP contribution in [-0.2, 0) is 19.1 Å². The van der Waals surface area contributed by atoms with Gasteiger partial charge < -0.3 is 20.0 Å². The molecule has 1 N–H and O–H groups in total. The Hall–Kier alpha value is -2.54. The van der Waals surface area contributed by atoms with Crippen LogP contribution in [0.4, 0.5) is 0 Å². The number of rotatable bonds is 3. The maximum atomic E-state index is 12.5. The van der Waals surface area contributed by atoms with Gasteiger partial charge in [-0.1, -0.05) is 0 Å². The minimum Gasteiger partial charge on any atom is -0.618 e. The van der Waals surface area contributed by atoms with Gasteiger partial charge in [0.05, 0.1) is 34.9 Å². The van der Waals surface area contributed by atoms with E-state index in [9.17, 15) is 14.8 Å². The predicted molar refractivity (Wildman–Crippen MR) is 83.6 cm³/mol. The second kappa shape index (κ2) is 6.16. The van der Waals surface area contributed by atoms with Crippen LogP contribution in [0.3, 0.4) is 0 Å². The topological polar surface area (TPSA) is 91.6 Å². The molecule has 2 aliphatic heterocycles. The molecule has 1 aromatic heterocycles. The van der Waals surface area contributed by atoms with E-state index < -0.39 is 17.9 Å². The molecule has 1 aromatic rings. The van der Waals surface area contributed by atoms with Gasteiger partial charge in [0.25, 0.3) is 5.15 Å². The van der Waals surface area contributed by atoms with Crippen molar-refractivity contribution in [1.29, 1.82) is 0 Å². The standard InChI is InChI=1S/C16H15ClN2O5/c1-3-23-15(20)11-8(2)18-10-7-24-16(21)13(10)12(11)9-5-4-6-19(22)14(9)17/h4-6,12,18H,3,7H2,1-2H3. The number of pyridine rings is 1. The van der Waals surface area contributed by atoms with Gasteiger partial charge in [0.1, 0.15) is 6.61 Å². The molecule has 1 unspecified atom stereocenters. The first-order valence-electron chi connectivity index (χ1n) is 7.38. The lowest BCUT2D eigenvalue weighted by molar-refractivity contribution is -0.603. The van der Waals surface area contributed by atoms with Gasteiger partial charge in [0.2, 0.25) is 0 Å². The summed E-state index contributed by atoms with van der Waals surface area (Å²) >= 11 is 6.14. The Morgan fingerprint density at radius 2 is 2.33 bits per heavy atom. The fourth-order valence-electron chi connectivity index (χ4n) is 2.96. The average Bonchev–Trinajstić information content (AvgIpc) is 2.90. The monoisotopic (exact) mass is 350 g/mol. The van der Waals surface area contributed by atoms with Gasteiger partial charge in [-0.3, -0.25) is 0 Å². The summed E-state index contributed by atoms with van der Waals surface area (Å²) in [7, 11) is 0. The lowest BCUT2D eigenvalue weighted by Crippen LogP contribution is -2.33. The lowest BCUT2D eigenvalue weighted by atomic mass is 9.81. The zero-order valence-electron chi connectivity index (χ0n) is 13.1. The zero-order valence-corrected chi connectivity index (χ0v) is 13.8. The summed E-state index contributed by atoms with van der Waals surface area (Å²) in [4.78, 5) is 24.7. The van der Waals surface area contributed by atoms with Crippen LogP contribution in [0, 0.1) is 5.21 Å². The molecule has 0 spiro atoms. The number of cyclic esters (lactones) is 1. The van der Waals surface area contributed by atoms with Crippen LogP contribution in [0.15, 0.2) is 40.9 Å². The van der Waals surface area contributed by atoms with E-state index in [1.54, 1.807) is 19.9 Å². The molecule has 0 aliphatic carbocycles. The Balaban J connectivity index is 2.21. The number of nitrogens with one attached hydrogen (secondary N) is 1. The molecule has 0 saturated heterocycles. The van der Waals surface area contributed by atoms with Gasteiger partial charge in [-0.25, -0.2) is 9.59 Å². The number of hydrogen-bond acceptors (Lipinski definition) is 6. The molecule has 3 rings (SSSR count). The summed E-state index contributed by atoms with van der Waals surface area (Å²) < 4.78 is 10.7. The molecule has 0 aromatic carbocycles. The number of carbonyl (C=O) groups is 2. The Labute approximate surface area is 143 Å². The molecule has 3 heterocycles. The molecule has 126 valence electrons. The highest BCUT2D eigenvalue weighted by atomic mass is 35.5. The number of aromatic nitrogens is 1. The molecule has 0 amide bonds. The van der Waals surface area contributed by atoms with Crippen molar-refractivity contribution in [2.45, 2.75) is 19.8 Å². The largest absolute Gasteiger partial charge is 0.618 e. The summed E-state index contributed by atoms with van der Waals surface area (Å²) in [6.45, 7) is 3.66. The van der Waals surface area contributed by atoms with Crippen molar-refractivity contribution < 1.29 is 23.8 Å². The summed E-state index contributed by atoms with van der Waals surface area (Å²) in [6, 6.07) is 3.12. The number of ether oxygens (including phenoxy) is 2. The zero-order chi connectivity index (χ0) is 17.4. The van der Waals surface area contributed by atoms with Crippen molar-refractivity contribution in [2.24, 2.45) is 0 Å². The quantitative estimate of drug-likeness (QED) is 0.382. The van der Waals surface area contributed by atoms with Crippen LogP contribution < -0.4 is 10.0 Å².